The molecule has 0 aliphatic heterocycles. The van der Waals surface area contributed by atoms with Gasteiger partial charge in [0.2, 0.25) is 10.0 Å². The molecule has 2 aromatic carbocycles. The molecule has 1 N–H and O–H groups in total. The third-order valence-electron chi connectivity index (χ3n) is 3.36. The smallest absolute Gasteiger partial charge is 0.244 e. The van der Waals surface area contributed by atoms with E-state index in [1.165, 1.54) is 32.4 Å². The largest absolute Gasteiger partial charge is 0.497 e. The Kier molecular flexibility index (Phi) is 5.23. The summed E-state index contributed by atoms with van der Waals surface area (Å²) in [4.78, 5) is -0.0352. The number of aryl methyl sites for hydroxylation is 1. The van der Waals surface area contributed by atoms with Crippen LogP contribution in [0.1, 0.15) is 11.1 Å². The Morgan fingerprint density at radius 2 is 1.83 bits per heavy atom. The maximum absolute atomic E-state index is 13.5. The first-order chi connectivity index (χ1) is 10.9. The fourth-order valence-corrected chi connectivity index (χ4v) is 3.20. The summed E-state index contributed by atoms with van der Waals surface area (Å²) >= 11 is 0. The average molecular weight is 339 g/mol. The van der Waals surface area contributed by atoms with Crippen LogP contribution < -0.4 is 14.2 Å². The Morgan fingerprint density at radius 1 is 1.09 bits per heavy atom. The van der Waals surface area contributed by atoms with Crippen LogP contribution in [0.4, 0.5) is 4.39 Å². The van der Waals surface area contributed by atoms with Crippen LogP contribution in [-0.4, -0.2) is 22.6 Å². The number of sulfonamides is 1. The zero-order valence-corrected chi connectivity index (χ0v) is 13.9. The summed E-state index contributed by atoms with van der Waals surface area (Å²) in [6.45, 7) is 1.62. The number of rotatable bonds is 6. The highest BCUT2D eigenvalue weighted by Crippen LogP contribution is 2.28. The van der Waals surface area contributed by atoms with Gasteiger partial charge in [0.05, 0.1) is 14.2 Å². The van der Waals surface area contributed by atoms with Crippen molar-refractivity contribution >= 4 is 10.0 Å². The van der Waals surface area contributed by atoms with E-state index in [4.69, 9.17) is 9.47 Å². The number of hydrogen-bond donors (Lipinski definition) is 1. The van der Waals surface area contributed by atoms with E-state index < -0.39 is 10.0 Å². The Labute approximate surface area is 135 Å². The van der Waals surface area contributed by atoms with Crippen LogP contribution in [-0.2, 0) is 16.6 Å². The van der Waals surface area contributed by atoms with Crippen LogP contribution in [0.25, 0.3) is 0 Å². The Hall–Kier alpha value is -2.12. The highest BCUT2D eigenvalue weighted by atomic mass is 32.2. The standard InChI is InChI=1S/C16H18FNO4S/c1-11-4-5-12(8-14(11)17)10-18-23(19,20)16-9-13(21-2)6-7-15(16)22-3/h4-9,18H,10H2,1-3H3. The van der Waals surface area contributed by atoms with E-state index in [1.54, 1.807) is 25.1 Å². The van der Waals surface area contributed by atoms with Crippen LogP contribution in [0.3, 0.4) is 0 Å². The lowest BCUT2D eigenvalue weighted by atomic mass is 10.1. The van der Waals surface area contributed by atoms with Crippen molar-refractivity contribution in [3.05, 3.63) is 53.3 Å². The van der Waals surface area contributed by atoms with Gasteiger partial charge < -0.3 is 9.47 Å². The number of hydrogen-bond acceptors (Lipinski definition) is 4. The van der Waals surface area contributed by atoms with Crippen LogP contribution in [0.15, 0.2) is 41.3 Å². The summed E-state index contributed by atoms with van der Waals surface area (Å²) in [5.74, 6) is 0.224. The van der Waals surface area contributed by atoms with Gasteiger partial charge in [0.1, 0.15) is 22.2 Å². The van der Waals surface area contributed by atoms with Crippen LogP contribution in [0, 0.1) is 12.7 Å². The summed E-state index contributed by atoms with van der Waals surface area (Å²) < 4.78 is 51.0. The van der Waals surface area contributed by atoms with Gasteiger partial charge in [0.15, 0.2) is 0 Å². The molecule has 0 aliphatic carbocycles. The van der Waals surface area contributed by atoms with Crippen molar-refractivity contribution in [2.24, 2.45) is 0 Å². The number of nitrogens with one attached hydrogen (secondary N) is 1. The third-order valence-corrected chi connectivity index (χ3v) is 4.79. The molecule has 124 valence electrons. The molecule has 0 aliphatic rings. The van der Waals surface area contributed by atoms with Crippen LogP contribution >= 0.6 is 0 Å². The average Bonchev–Trinajstić information content (AvgIpc) is 2.55. The van der Waals surface area contributed by atoms with Crippen molar-refractivity contribution in [2.75, 3.05) is 14.2 Å². The van der Waals surface area contributed by atoms with E-state index in [0.717, 1.165) is 0 Å². The van der Waals surface area contributed by atoms with Crippen molar-refractivity contribution in [1.82, 2.24) is 4.72 Å². The molecule has 0 heterocycles. The molecule has 2 aromatic rings. The van der Waals surface area contributed by atoms with Crippen molar-refractivity contribution in [3.63, 3.8) is 0 Å². The molecule has 0 spiro atoms. The lowest BCUT2D eigenvalue weighted by molar-refractivity contribution is 0.392. The van der Waals surface area contributed by atoms with Gasteiger partial charge >= 0.3 is 0 Å². The third kappa shape index (κ3) is 4.00. The Morgan fingerprint density at radius 3 is 2.43 bits per heavy atom. The summed E-state index contributed by atoms with van der Waals surface area (Å²) in [5, 5.41) is 0. The van der Waals surface area contributed by atoms with Gasteiger partial charge in [0, 0.05) is 12.6 Å². The van der Waals surface area contributed by atoms with E-state index in [9.17, 15) is 12.8 Å². The predicted octanol–water partition coefficient (Wildman–Crippen LogP) is 2.63. The number of halogens is 1. The zero-order valence-electron chi connectivity index (χ0n) is 13.1. The van der Waals surface area contributed by atoms with Gasteiger partial charge in [0.25, 0.3) is 0 Å². The molecule has 0 unspecified atom stereocenters. The number of benzene rings is 2. The minimum absolute atomic E-state index is 0.0279. The molecule has 0 fully saturated rings. The highest BCUT2D eigenvalue weighted by Gasteiger charge is 2.20. The second-order valence-corrected chi connectivity index (χ2v) is 6.66. The molecule has 0 bridgehead atoms. The monoisotopic (exact) mass is 339 g/mol. The summed E-state index contributed by atoms with van der Waals surface area (Å²) in [5.41, 5.74) is 1.03. The molecule has 5 nitrogen and oxygen atoms in total. The van der Waals surface area contributed by atoms with Gasteiger partial charge in [-0.15, -0.1) is 0 Å². The first-order valence-electron chi connectivity index (χ1n) is 6.84. The van der Waals surface area contributed by atoms with Crippen molar-refractivity contribution in [3.8, 4) is 11.5 Å². The Balaban J connectivity index is 2.26. The molecule has 0 saturated carbocycles. The van der Waals surface area contributed by atoms with Gasteiger partial charge in [-0.3, -0.25) is 0 Å². The molecule has 0 radical (unpaired) electrons. The minimum Gasteiger partial charge on any atom is -0.497 e. The van der Waals surface area contributed by atoms with Crippen molar-refractivity contribution in [1.29, 1.82) is 0 Å². The fraction of sp³-hybridized carbons (Fsp3) is 0.250. The first-order valence-corrected chi connectivity index (χ1v) is 8.32. The lowest BCUT2D eigenvalue weighted by Gasteiger charge is -2.12. The summed E-state index contributed by atoms with van der Waals surface area (Å²) in [7, 11) is -1.00. The second-order valence-electron chi connectivity index (χ2n) is 4.92. The molecule has 0 saturated heterocycles. The molecule has 23 heavy (non-hydrogen) atoms. The summed E-state index contributed by atoms with van der Waals surface area (Å²) in [6.07, 6.45) is 0. The molecule has 2 rings (SSSR count). The number of ether oxygens (including phenoxy) is 2. The van der Waals surface area contributed by atoms with Crippen LogP contribution in [0.5, 0.6) is 11.5 Å². The quantitative estimate of drug-likeness (QED) is 0.879. The Bertz CT molecular complexity index is 806. The highest BCUT2D eigenvalue weighted by molar-refractivity contribution is 7.89. The van der Waals surface area contributed by atoms with Gasteiger partial charge in [-0.1, -0.05) is 12.1 Å². The van der Waals surface area contributed by atoms with Gasteiger partial charge in [-0.25, -0.2) is 17.5 Å². The van der Waals surface area contributed by atoms with E-state index in [2.05, 4.69) is 4.72 Å². The van der Waals surface area contributed by atoms with E-state index in [-0.39, 0.29) is 23.0 Å². The maximum atomic E-state index is 13.5. The SMILES string of the molecule is COc1ccc(OC)c(S(=O)(=O)NCc2ccc(C)c(F)c2)c1. The molecular formula is C16H18FNO4S. The molecular weight excluding hydrogens is 321 g/mol. The fourth-order valence-electron chi connectivity index (χ4n) is 2.00. The van der Waals surface area contributed by atoms with Crippen molar-refractivity contribution < 1.29 is 22.3 Å². The molecule has 0 atom stereocenters. The molecule has 7 heteroatoms. The first kappa shape index (κ1) is 17.2. The normalized spacial score (nSPS) is 11.3. The zero-order chi connectivity index (χ0) is 17.0. The van der Waals surface area contributed by atoms with Gasteiger partial charge in [-0.2, -0.15) is 0 Å². The molecule has 0 aromatic heterocycles. The van der Waals surface area contributed by atoms with E-state index in [1.807, 2.05) is 0 Å². The predicted molar refractivity (Wildman–Crippen MR) is 84.7 cm³/mol. The topological polar surface area (TPSA) is 64.6 Å². The van der Waals surface area contributed by atoms with Crippen LogP contribution in [0.2, 0.25) is 0 Å². The van der Waals surface area contributed by atoms with E-state index >= 15 is 0 Å². The molecule has 0 amide bonds. The van der Waals surface area contributed by atoms with Gasteiger partial charge in [-0.05, 0) is 36.2 Å². The summed E-state index contributed by atoms with van der Waals surface area (Å²) in [6, 6.07) is 9.07. The second kappa shape index (κ2) is 6.97. The lowest BCUT2D eigenvalue weighted by Crippen LogP contribution is -2.24. The minimum atomic E-state index is -3.83. The van der Waals surface area contributed by atoms with E-state index in [0.29, 0.717) is 16.9 Å². The van der Waals surface area contributed by atoms with Crippen molar-refractivity contribution in [2.45, 2.75) is 18.4 Å². The maximum Gasteiger partial charge on any atom is 0.244 e. The number of methoxy groups -OCH3 is 2.